The molecule has 0 saturated heterocycles. The van der Waals surface area contributed by atoms with E-state index in [9.17, 15) is 4.79 Å². The lowest BCUT2D eigenvalue weighted by Gasteiger charge is -1.96. The molecule has 0 saturated carbocycles. The first-order chi connectivity index (χ1) is 4.75. The Morgan fingerprint density at radius 1 is 1.90 bits per heavy atom. The second-order valence-electron chi connectivity index (χ2n) is 1.84. The lowest BCUT2D eigenvalue weighted by Crippen LogP contribution is -2.07. The molecule has 54 valence electrons. The third-order valence-electron chi connectivity index (χ3n) is 1.25. The maximum absolute atomic E-state index is 10.4. The van der Waals surface area contributed by atoms with Crippen molar-refractivity contribution >= 4 is 5.97 Å². The number of aryl methyl sites for hydroxylation is 1. The number of nitrogens with zero attached hydrogens (tertiary/aromatic N) is 2. The van der Waals surface area contributed by atoms with Crippen LogP contribution in [0, 0.1) is 0 Å². The topological polar surface area (TPSA) is 55.1 Å². The molecule has 0 radical (unpaired) electrons. The highest BCUT2D eigenvalue weighted by Gasteiger charge is 2.07. The fourth-order valence-electron chi connectivity index (χ4n) is 0.762. The van der Waals surface area contributed by atoms with E-state index < -0.39 is 5.97 Å². The molecule has 0 aliphatic carbocycles. The lowest BCUT2D eigenvalue weighted by molar-refractivity contribution is 0.0678. The van der Waals surface area contributed by atoms with Gasteiger partial charge in [0, 0.05) is 18.9 Å². The summed E-state index contributed by atoms with van der Waals surface area (Å²) < 4.78 is 1.57. The van der Waals surface area contributed by atoms with Crippen LogP contribution in [0.2, 0.25) is 0 Å². The summed E-state index contributed by atoms with van der Waals surface area (Å²) >= 11 is 0. The molecular formula is C6H8N2O2. The molecule has 1 rings (SSSR count). The van der Waals surface area contributed by atoms with E-state index in [0.717, 1.165) is 0 Å². The van der Waals surface area contributed by atoms with Crippen LogP contribution in [0.25, 0.3) is 0 Å². The molecule has 4 nitrogen and oxygen atoms in total. The van der Waals surface area contributed by atoms with E-state index >= 15 is 0 Å². The van der Waals surface area contributed by atoms with Gasteiger partial charge in [-0.25, -0.2) is 9.78 Å². The molecule has 10 heavy (non-hydrogen) atoms. The summed E-state index contributed by atoms with van der Waals surface area (Å²) in [5, 5.41) is 8.50. The van der Waals surface area contributed by atoms with Crippen molar-refractivity contribution in [2.45, 2.75) is 13.5 Å². The molecule has 0 fully saturated rings. The number of hydrogen-bond acceptors (Lipinski definition) is 2. The Bertz CT molecular complexity index is 242. The number of hydrogen-bond donors (Lipinski definition) is 1. The maximum Gasteiger partial charge on any atom is 0.372 e. The Hall–Kier alpha value is -1.32. The van der Waals surface area contributed by atoms with Crippen LogP contribution in [0.3, 0.4) is 0 Å². The number of aromatic nitrogens is 2. The first-order valence-corrected chi connectivity index (χ1v) is 3.00. The highest BCUT2D eigenvalue weighted by molar-refractivity contribution is 5.83. The van der Waals surface area contributed by atoms with Crippen molar-refractivity contribution < 1.29 is 9.90 Å². The molecule has 1 heterocycles. The molecule has 1 aromatic heterocycles. The Kier molecular flexibility index (Phi) is 1.71. The molecular weight excluding hydrogens is 132 g/mol. The van der Waals surface area contributed by atoms with E-state index in [-0.39, 0.29) is 5.82 Å². The van der Waals surface area contributed by atoms with E-state index in [0.29, 0.717) is 6.54 Å². The number of carbonyl (C=O) groups is 1. The molecule has 0 unspecified atom stereocenters. The van der Waals surface area contributed by atoms with E-state index in [2.05, 4.69) is 4.98 Å². The van der Waals surface area contributed by atoms with Crippen LogP contribution in [0.5, 0.6) is 0 Å². The van der Waals surface area contributed by atoms with Gasteiger partial charge in [-0.2, -0.15) is 0 Å². The highest BCUT2D eigenvalue weighted by atomic mass is 16.4. The van der Waals surface area contributed by atoms with Crippen molar-refractivity contribution in [2.75, 3.05) is 0 Å². The minimum absolute atomic E-state index is 0.0995. The van der Waals surface area contributed by atoms with Gasteiger partial charge in [-0.15, -0.1) is 0 Å². The van der Waals surface area contributed by atoms with Gasteiger partial charge in [-0.1, -0.05) is 0 Å². The molecule has 0 aromatic carbocycles. The highest BCUT2D eigenvalue weighted by Crippen LogP contribution is 1.95. The number of imidazole rings is 1. The zero-order valence-electron chi connectivity index (χ0n) is 5.61. The molecule has 0 spiro atoms. The van der Waals surface area contributed by atoms with Crippen LogP contribution in [0.4, 0.5) is 0 Å². The summed E-state index contributed by atoms with van der Waals surface area (Å²) in [7, 11) is 0. The van der Waals surface area contributed by atoms with Crippen molar-refractivity contribution in [1.29, 1.82) is 0 Å². The summed E-state index contributed by atoms with van der Waals surface area (Å²) in [6.07, 6.45) is 3.12. The van der Waals surface area contributed by atoms with Crippen molar-refractivity contribution in [3.05, 3.63) is 18.2 Å². The summed E-state index contributed by atoms with van der Waals surface area (Å²) in [6, 6.07) is 0. The maximum atomic E-state index is 10.4. The minimum Gasteiger partial charge on any atom is -0.475 e. The second kappa shape index (κ2) is 2.51. The van der Waals surface area contributed by atoms with E-state index in [1.165, 1.54) is 6.20 Å². The van der Waals surface area contributed by atoms with Crippen LogP contribution in [-0.4, -0.2) is 20.6 Å². The van der Waals surface area contributed by atoms with E-state index in [4.69, 9.17) is 5.11 Å². The first kappa shape index (κ1) is 6.80. The molecule has 0 atom stereocenters. The van der Waals surface area contributed by atoms with Crippen molar-refractivity contribution in [2.24, 2.45) is 0 Å². The summed E-state index contributed by atoms with van der Waals surface area (Å²) in [5.41, 5.74) is 0. The SMILES string of the molecule is CCn1ccnc1C(=O)O. The molecule has 0 aliphatic heterocycles. The zero-order chi connectivity index (χ0) is 7.56. The predicted octanol–water partition coefficient (Wildman–Crippen LogP) is 0.601. The van der Waals surface area contributed by atoms with Gasteiger partial charge in [0.05, 0.1) is 0 Å². The smallest absolute Gasteiger partial charge is 0.372 e. The second-order valence-corrected chi connectivity index (χ2v) is 1.84. The third kappa shape index (κ3) is 1.00. The molecule has 0 aliphatic rings. The van der Waals surface area contributed by atoms with Gasteiger partial charge in [0.25, 0.3) is 0 Å². The Morgan fingerprint density at radius 3 is 3.00 bits per heavy atom. The Balaban J connectivity index is 3.01. The lowest BCUT2D eigenvalue weighted by atomic mass is 10.6. The number of carboxylic acids is 1. The third-order valence-corrected chi connectivity index (χ3v) is 1.25. The van der Waals surface area contributed by atoms with E-state index in [1.807, 2.05) is 6.92 Å². The molecule has 0 bridgehead atoms. The predicted molar refractivity (Wildman–Crippen MR) is 34.9 cm³/mol. The van der Waals surface area contributed by atoms with Gasteiger partial charge in [-0.3, -0.25) is 0 Å². The van der Waals surface area contributed by atoms with Crippen LogP contribution in [0.15, 0.2) is 12.4 Å². The van der Waals surface area contributed by atoms with Crippen LogP contribution < -0.4 is 0 Å². The van der Waals surface area contributed by atoms with E-state index in [1.54, 1.807) is 10.8 Å². The monoisotopic (exact) mass is 140 g/mol. The standard InChI is InChI=1S/C6H8N2O2/c1-2-8-4-3-7-5(8)6(9)10/h3-4H,2H2,1H3,(H,9,10). The molecule has 1 aromatic rings. The first-order valence-electron chi connectivity index (χ1n) is 3.00. The summed E-state index contributed by atoms with van der Waals surface area (Å²) in [6.45, 7) is 2.51. The summed E-state index contributed by atoms with van der Waals surface area (Å²) in [5.74, 6) is -0.880. The average molecular weight is 140 g/mol. The van der Waals surface area contributed by atoms with Crippen LogP contribution >= 0.6 is 0 Å². The number of rotatable bonds is 2. The largest absolute Gasteiger partial charge is 0.475 e. The van der Waals surface area contributed by atoms with Gasteiger partial charge in [-0.05, 0) is 6.92 Å². The van der Waals surface area contributed by atoms with Gasteiger partial charge < -0.3 is 9.67 Å². The number of carboxylic acid groups (broad SMARTS) is 1. The van der Waals surface area contributed by atoms with Crippen molar-refractivity contribution in [3.63, 3.8) is 0 Å². The van der Waals surface area contributed by atoms with Crippen molar-refractivity contribution in [1.82, 2.24) is 9.55 Å². The minimum atomic E-state index is -0.980. The quantitative estimate of drug-likeness (QED) is 0.654. The van der Waals surface area contributed by atoms with Gasteiger partial charge in [0.1, 0.15) is 0 Å². The average Bonchev–Trinajstić information content (AvgIpc) is 2.33. The Labute approximate surface area is 58.1 Å². The molecule has 4 heteroatoms. The summed E-state index contributed by atoms with van der Waals surface area (Å²) in [4.78, 5) is 14.0. The normalized spacial score (nSPS) is 9.70. The van der Waals surface area contributed by atoms with Gasteiger partial charge in [0.15, 0.2) is 0 Å². The Morgan fingerprint density at radius 2 is 2.60 bits per heavy atom. The van der Waals surface area contributed by atoms with Crippen molar-refractivity contribution in [3.8, 4) is 0 Å². The molecule has 1 N–H and O–H groups in total. The zero-order valence-corrected chi connectivity index (χ0v) is 5.61. The van der Waals surface area contributed by atoms with Crippen LogP contribution in [0.1, 0.15) is 17.5 Å². The van der Waals surface area contributed by atoms with Crippen LogP contribution in [-0.2, 0) is 6.54 Å². The fourth-order valence-corrected chi connectivity index (χ4v) is 0.762. The molecule has 0 amide bonds. The fraction of sp³-hybridized carbons (Fsp3) is 0.333. The number of aromatic carboxylic acids is 1. The van der Waals surface area contributed by atoms with Gasteiger partial charge in [0.2, 0.25) is 5.82 Å². The van der Waals surface area contributed by atoms with Gasteiger partial charge >= 0.3 is 5.97 Å².